The van der Waals surface area contributed by atoms with Crippen molar-refractivity contribution in [3.8, 4) is 34.2 Å². The van der Waals surface area contributed by atoms with E-state index >= 15 is 0 Å². The molecule has 2 aliphatic heterocycles. The molecule has 0 amide bonds. The molecule has 5 aromatic rings. The summed E-state index contributed by atoms with van der Waals surface area (Å²) in [6, 6.07) is 13.8. The summed E-state index contributed by atoms with van der Waals surface area (Å²) in [5, 5.41) is 18.1. The third-order valence-electron chi connectivity index (χ3n) is 6.57. The van der Waals surface area contributed by atoms with Crippen LogP contribution in [0, 0.1) is 0 Å². The molecule has 2 saturated heterocycles. The van der Waals surface area contributed by atoms with Crippen LogP contribution in [0.5, 0.6) is 6.01 Å². The fourth-order valence-corrected chi connectivity index (χ4v) is 4.95. The number of rotatable bonds is 5. The van der Waals surface area contributed by atoms with Crippen molar-refractivity contribution in [1.82, 2.24) is 34.7 Å². The number of H-pyrrole nitrogens is 1. The van der Waals surface area contributed by atoms with E-state index in [0.717, 1.165) is 22.5 Å². The molecule has 4 atom stereocenters. The first-order valence-electron chi connectivity index (χ1n) is 11.7. The SMILES string of the molecule is O[C@@H]1COC2[C@H](Oc3nc4nc(-c5ccc(-c6ccc(-n7cnnc7)cn6)cc5)c(Cl)cc4[nH]3)CO[C@@H]21. The number of pyridine rings is 2. The molecule has 0 bridgehead atoms. The summed E-state index contributed by atoms with van der Waals surface area (Å²) in [5.74, 6) is 0. The lowest BCUT2D eigenvalue weighted by Crippen LogP contribution is -2.34. The normalized spacial score (nSPS) is 23.0. The molecule has 0 spiro atoms. The summed E-state index contributed by atoms with van der Waals surface area (Å²) in [7, 11) is 0. The lowest BCUT2D eigenvalue weighted by Gasteiger charge is -2.15. The van der Waals surface area contributed by atoms with E-state index in [0.29, 0.717) is 34.5 Å². The fraction of sp³-hybridized carbons (Fsp3) is 0.240. The van der Waals surface area contributed by atoms with E-state index in [4.69, 9.17) is 25.8 Å². The van der Waals surface area contributed by atoms with E-state index in [-0.39, 0.29) is 24.9 Å². The van der Waals surface area contributed by atoms with Gasteiger partial charge in [-0.15, -0.1) is 10.2 Å². The number of aromatic amines is 1. The molecule has 11 nitrogen and oxygen atoms in total. The van der Waals surface area contributed by atoms with Gasteiger partial charge >= 0.3 is 0 Å². The summed E-state index contributed by atoms with van der Waals surface area (Å²) in [6.45, 7) is 0.548. The maximum absolute atomic E-state index is 9.93. The van der Waals surface area contributed by atoms with Crippen LogP contribution in [0.3, 0.4) is 0 Å². The summed E-state index contributed by atoms with van der Waals surface area (Å²) in [6.07, 6.45) is 3.31. The molecule has 0 aliphatic carbocycles. The highest BCUT2D eigenvalue weighted by Gasteiger charge is 2.48. The van der Waals surface area contributed by atoms with Gasteiger partial charge in [-0.2, -0.15) is 4.98 Å². The van der Waals surface area contributed by atoms with Gasteiger partial charge in [-0.05, 0) is 18.2 Å². The van der Waals surface area contributed by atoms with Gasteiger partial charge in [0, 0.05) is 11.1 Å². The van der Waals surface area contributed by atoms with E-state index in [1.165, 1.54) is 0 Å². The highest BCUT2D eigenvalue weighted by molar-refractivity contribution is 6.33. The van der Waals surface area contributed by atoms with Crippen molar-refractivity contribution in [3.63, 3.8) is 0 Å². The number of imidazole rings is 1. The van der Waals surface area contributed by atoms with Gasteiger partial charge in [-0.3, -0.25) is 9.55 Å². The number of nitrogens with one attached hydrogen (secondary N) is 1. The Morgan fingerprint density at radius 3 is 2.54 bits per heavy atom. The van der Waals surface area contributed by atoms with E-state index < -0.39 is 6.10 Å². The van der Waals surface area contributed by atoms with Crippen LogP contribution in [0.4, 0.5) is 0 Å². The van der Waals surface area contributed by atoms with E-state index in [9.17, 15) is 5.11 Å². The molecule has 4 aromatic heterocycles. The number of aliphatic hydroxyl groups excluding tert-OH is 1. The molecule has 0 radical (unpaired) electrons. The predicted octanol–water partition coefficient (Wildman–Crippen LogP) is 2.83. The third-order valence-corrected chi connectivity index (χ3v) is 6.86. The van der Waals surface area contributed by atoms with Crippen molar-refractivity contribution in [2.24, 2.45) is 0 Å². The quantitative estimate of drug-likeness (QED) is 0.361. The zero-order chi connectivity index (χ0) is 24.9. The van der Waals surface area contributed by atoms with Crippen molar-refractivity contribution in [2.45, 2.75) is 24.4 Å². The Kier molecular flexibility index (Phi) is 5.36. The van der Waals surface area contributed by atoms with Gasteiger partial charge in [-0.1, -0.05) is 35.9 Å². The molecule has 12 heteroatoms. The highest BCUT2D eigenvalue weighted by atomic mass is 35.5. The van der Waals surface area contributed by atoms with Gasteiger partial charge in [0.25, 0.3) is 6.01 Å². The molecule has 37 heavy (non-hydrogen) atoms. The van der Waals surface area contributed by atoms with E-state index in [1.54, 1.807) is 29.5 Å². The van der Waals surface area contributed by atoms with Crippen molar-refractivity contribution < 1.29 is 19.3 Å². The van der Waals surface area contributed by atoms with Crippen molar-refractivity contribution >= 4 is 22.8 Å². The van der Waals surface area contributed by atoms with Gasteiger partial charge < -0.3 is 24.3 Å². The standard InChI is InChI=1S/C25H20ClN7O4/c26-16-7-18-24(32-25(30-18)37-20-10-36-22-19(34)9-35-23(20)22)31-21(16)14-3-1-13(2-4-14)17-6-5-15(8-27-17)33-11-28-29-12-33/h1-8,11-12,19-20,22-23,34H,9-10H2,(H,30,31,32)/t19-,20-,22-,23?/m1/s1. The Balaban J connectivity index is 1.11. The number of hydrogen-bond acceptors (Lipinski definition) is 9. The molecule has 1 aromatic carbocycles. The van der Waals surface area contributed by atoms with Crippen LogP contribution in [0.25, 0.3) is 39.4 Å². The predicted molar refractivity (Wildman–Crippen MR) is 132 cm³/mol. The molecule has 2 aliphatic rings. The van der Waals surface area contributed by atoms with Gasteiger partial charge in [0.2, 0.25) is 0 Å². The maximum Gasteiger partial charge on any atom is 0.296 e. The van der Waals surface area contributed by atoms with Gasteiger partial charge in [0.1, 0.15) is 31.0 Å². The molecule has 6 heterocycles. The number of aromatic nitrogens is 7. The van der Waals surface area contributed by atoms with Crippen LogP contribution in [-0.4, -0.2) is 77.4 Å². The van der Waals surface area contributed by atoms with Crippen LogP contribution >= 0.6 is 11.6 Å². The minimum absolute atomic E-state index is 0.235. The minimum atomic E-state index is -0.640. The Labute approximate surface area is 215 Å². The molecule has 186 valence electrons. The van der Waals surface area contributed by atoms with Gasteiger partial charge in [0.15, 0.2) is 11.8 Å². The van der Waals surface area contributed by atoms with E-state index in [1.807, 2.05) is 36.4 Å². The summed E-state index contributed by atoms with van der Waals surface area (Å²) < 4.78 is 19.0. The Morgan fingerprint density at radius 2 is 1.76 bits per heavy atom. The number of ether oxygens (including phenoxy) is 3. The van der Waals surface area contributed by atoms with Crippen molar-refractivity contribution in [3.05, 3.63) is 66.3 Å². The number of aliphatic hydroxyl groups is 1. The summed E-state index contributed by atoms with van der Waals surface area (Å²) in [5.41, 5.74) is 5.27. The van der Waals surface area contributed by atoms with Crippen molar-refractivity contribution in [2.75, 3.05) is 13.2 Å². The Bertz CT molecular complexity index is 1560. The molecule has 0 saturated carbocycles. The topological polar surface area (TPSA) is 133 Å². The second kappa shape index (κ2) is 8.89. The summed E-state index contributed by atoms with van der Waals surface area (Å²) in [4.78, 5) is 16.8. The first kappa shape index (κ1) is 22.3. The number of benzene rings is 1. The third kappa shape index (κ3) is 4.02. The molecule has 1 unspecified atom stereocenters. The molecule has 2 fully saturated rings. The fourth-order valence-electron chi connectivity index (χ4n) is 4.68. The molecular weight excluding hydrogens is 498 g/mol. The average Bonchev–Trinajstić information content (AvgIpc) is 3.71. The second-order valence-corrected chi connectivity index (χ2v) is 9.31. The van der Waals surface area contributed by atoms with Gasteiger partial charge in [0.05, 0.1) is 47.0 Å². The first-order valence-corrected chi connectivity index (χ1v) is 12.1. The number of halogens is 1. The molecular formula is C25H20ClN7O4. The van der Waals surface area contributed by atoms with Gasteiger partial charge in [-0.25, -0.2) is 4.98 Å². The summed E-state index contributed by atoms with van der Waals surface area (Å²) >= 11 is 6.59. The van der Waals surface area contributed by atoms with Crippen LogP contribution in [-0.2, 0) is 9.47 Å². The van der Waals surface area contributed by atoms with E-state index in [2.05, 4.69) is 30.1 Å². The number of fused-ring (bicyclic) bond motifs is 2. The highest BCUT2D eigenvalue weighted by Crippen LogP contribution is 2.33. The lowest BCUT2D eigenvalue weighted by molar-refractivity contribution is 0.00706. The zero-order valence-electron chi connectivity index (χ0n) is 19.2. The average molecular weight is 518 g/mol. The number of hydrogen-bond donors (Lipinski definition) is 2. The largest absolute Gasteiger partial charge is 0.456 e. The van der Waals surface area contributed by atoms with Crippen LogP contribution in [0.15, 0.2) is 61.3 Å². The maximum atomic E-state index is 9.93. The molecule has 2 N–H and O–H groups in total. The van der Waals surface area contributed by atoms with Crippen molar-refractivity contribution in [1.29, 1.82) is 0 Å². The smallest absolute Gasteiger partial charge is 0.296 e. The Morgan fingerprint density at radius 1 is 0.973 bits per heavy atom. The Hall–Kier alpha value is -3.90. The van der Waals surface area contributed by atoms with Crippen LogP contribution in [0.1, 0.15) is 0 Å². The zero-order valence-corrected chi connectivity index (χ0v) is 20.0. The lowest BCUT2D eigenvalue weighted by atomic mass is 10.1. The minimum Gasteiger partial charge on any atom is -0.456 e. The van der Waals surface area contributed by atoms with Crippen LogP contribution in [0.2, 0.25) is 5.02 Å². The number of nitrogens with zero attached hydrogens (tertiary/aromatic N) is 6. The monoisotopic (exact) mass is 517 g/mol. The first-order chi connectivity index (χ1) is 18.1. The second-order valence-electron chi connectivity index (χ2n) is 8.90. The molecule has 7 rings (SSSR count). The van der Waals surface area contributed by atoms with Crippen LogP contribution < -0.4 is 4.74 Å².